The molecule has 0 aliphatic carbocycles. The largest absolute Gasteiger partial charge is 0.453 e. The van der Waals surface area contributed by atoms with Gasteiger partial charge in [0.2, 0.25) is 0 Å². The third kappa shape index (κ3) is 19.5. The molecule has 1 N–H and O–H groups in total. The first-order valence-corrected chi connectivity index (χ1v) is 26.0. The van der Waals surface area contributed by atoms with Crippen LogP contribution in [0.4, 0.5) is 67.1 Å². The molecular weight excluding hydrogens is 1090 g/mol. The van der Waals surface area contributed by atoms with Gasteiger partial charge in [0.05, 0.1) is 53.6 Å². The second kappa shape index (κ2) is 27.4. The number of likely N-dealkylation sites (tertiary alicyclic amines) is 2. The Labute approximate surface area is 464 Å². The second-order valence-electron chi connectivity index (χ2n) is 21.6. The Balaban J connectivity index is 0.000000334. The molecule has 2 heterocycles. The van der Waals surface area contributed by atoms with E-state index in [0.29, 0.717) is 37.8 Å². The van der Waals surface area contributed by atoms with E-state index in [9.17, 15) is 67.1 Å². The average molecular weight is 1160 g/mol. The first-order valence-electron chi connectivity index (χ1n) is 26.0. The predicted octanol–water partition coefficient (Wildman–Crippen LogP) is 15.4. The van der Waals surface area contributed by atoms with Crippen LogP contribution in [0.25, 0.3) is 0 Å². The molecule has 4 aromatic carbocycles. The van der Waals surface area contributed by atoms with E-state index >= 15 is 0 Å². The van der Waals surface area contributed by atoms with Gasteiger partial charge in [-0.1, -0.05) is 74.5 Å². The second-order valence-corrected chi connectivity index (χ2v) is 21.6. The van der Waals surface area contributed by atoms with E-state index in [2.05, 4.69) is 5.32 Å². The average Bonchev–Trinajstić information content (AvgIpc) is 4.18. The summed E-state index contributed by atoms with van der Waals surface area (Å²) in [5.41, 5.74) is -5.99. The lowest BCUT2D eigenvalue weighted by Gasteiger charge is -2.36. The van der Waals surface area contributed by atoms with Gasteiger partial charge in [0.1, 0.15) is 11.2 Å². The molecule has 11 nitrogen and oxygen atoms in total. The summed E-state index contributed by atoms with van der Waals surface area (Å²) in [6.07, 6.45) is -19.5. The van der Waals surface area contributed by atoms with Crippen LogP contribution in [0.5, 0.6) is 0 Å². The van der Waals surface area contributed by atoms with E-state index in [-0.39, 0.29) is 54.7 Å². The van der Waals surface area contributed by atoms with Gasteiger partial charge in [-0.2, -0.15) is 57.9 Å². The standard InChI is InChI=1S/C29H34F6N2O4.C27H32F6N2O2.C2H3N/c1-6-22-16-23(24(14-18-10-8-7-9-11-18)37(22)26(39)41-27(2,3)4)36(25(38)40-5)17-19-12-20(28(30,31)32)15-21(13-19)29(33,34)35;1-5-21-15-22(34-16-18-11-19(26(28,29)30)14-20(12-18)27(31,32)33)23(13-17-9-7-6-8-10-17)35(21)24(36)37-25(2,3)4;1-2-3/h7-13,15,22-24H,6,14,16-17H2,1-5H3;6-12,14,21-23,34H,5,13,15-16H2,1-4H3;1H3/t22-,23+,24+;21-,22+,23+;/m11./s1. The number of halogens is 12. The highest BCUT2D eigenvalue weighted by Crippen LogP contribution is 2.41. The summed E-state index contributed by atoms with van der Waals surface area (Å²) < 4.78 is 177. The summed E-state index contributed by atoms with van der Waals surface area (Å²) in [4.78, 5) is 44.0. The summed E-state index contributed by atoms with van der Waals surface area (Å²) >= 11 is 0. The molecule has 446 valence electrons. The molecule has 6 atom stereocenters. The van der Waals surface area contributed by atoms with E-state index in [1.54, 1.807) is 64.6 Å². The van der Waals surface area contributed by atoms with Crippen molar-refractivity contribution in [2.45, 2.75) is 186 Å². The number of amides is 3. The number of nitriles is 1. The fourth-order valence-electron chi connectivity index (χ4n) is 9.81. The highest BCUT2D eigenvalue weighted by molar-refractivity contribution is 5.72. The number of carbonyl (C=O) groups excluding carboxylic acids is 3. The zero-order chi connectivity index (χ0) is 61.1. The fourth-order valence-corrected chi connectivity index (χ4v) is 9.81. The first-order chi connectivity index (χ1) is 37.4. The molecule has 0 spiro atoms. The minimum atomic E-state index is -5.05. The third-order valence-electron chi connectivity index (χ3n) is 13.2. The Kier molecular flexibility index (Phi) is 22.6. The van der Waals surface area contributed by atoms with E-state index in [4.69, 9.17) is 19.5 Å². The van der Waals surface area contributed by atoms with Gasteiger partial charge in [0, 0.05) is 38.1 Å². The highest BCUT2D eigenvalue weighted by Gasteiger charge is 2.49. The first kappa shape index (κ1) is 66.8. The van der Waals surface area contributed by atoms with Crippen LogP contribution in [0.2, 0.25) is 0 Å². The molecule has 0 saturated carbocycles. The number of benzene rings is 4. The summed E-state index contributed by atoms with van der Waals surface area (Å²) in [6.45, 7) is 14.8. The van der Waals surface area contributed by atoms with Gasteiger partial charge in [-0.15, -0.1) is 0 Å². The van der Waals surface area contributed by atoms with Crippen LogP contribution < -0.4 is 5.32 Å². The predicted molar refractivity (Wildman–Crippen MR) is 278 cm³/mol. The molecular formula is C58H69F12N5O6. The molecule has 0 bridgehead atoms. The van der Waals surface area contributed by atoms with Crippen LogP contribution >= 0.6 is 0 Å². The zero-order valence-corrected chi connectivity index (χ0v) is 46.6. The maximum absolute atomic E-state index is 13.5. The number of rotatable bonds is 12. The van der Waals surface area contributed by atoms with Gasteiger partial charge in [-0.3, -0.25) is 9.80 Å². The molecule has 0 unspecified atom stereocenters. The molecule has 3 amide bonds. The van der Waals surface area contributed by atoms with Gasteiger partial charge in [-0.25, -0.2) is 14.4 Å². The van der Waals surface area contributed by atoms with Gasteiger partial charge in [0.15, 0.2) is 0 Å². The van der Waals surface area contributed by atoms with Gasteiger partial charge in [-0.05, 0) is 139 Å². The van der Waals surface area contributed by atoms with Crippen LogP contribution in [0.15, 0.2) is 97.1 Å². The molecule has 81 heavy (non-hydrogen) atoms. The van der Waals surface area contributed by atoms with Crippen molar-refractivity contribution in [3.63, 3.8) is 0 Å². The summed E-state index contributed by atoms with van der Waals surface area (Å²) in [6, 6.07) is 20.1. The minimum absolute atomic E-state index is 0.0388. The van der Waals surface area contributed by atoms with Gasteiger partial charge >= 0.3 is 43.0 Å². The van der Waals surface area contributed by atoms with Gasteiger partial charge in [0.25, 0.3) is 0 Å². The Bertz CT molecular complexity index is 2670. The SMILES string of the molecule is CC#N.CC[C@@H]1C[C@H](N(Cc2cc(C(F)(F)F)cc(C(F)(F)F)c2)C(=O)OC)[C@H](Cc2ccccc2)N1C(=O)OC(C)(C)C.CC[C@@H]1C[C@H](NCc2cc(C(F)(F)F)cc(C(F)(F)F)c2)[C@H](Cc2ccccc2)N1C(=O)OC(C)(C)C. The number of hydrogen-bond acceptors (Lipinski definition) is 8. The number of alkyl halides is 12. The lowest BCUT2D eigenvalue weighted by molar-refractivity contribution is -0.144. The number of methoxy groups -OCH3 is 1. The molecule has 23 heteroatoms. The lowest BCUT2D eigenvalue weighted by atomic mass is 9.97. The number of carbonyl (C=O) groups is 3. The van der Waals surface area contributed by atoms with Crippen molar-refractivity contribution in [3.05, 3.63) is 142 Å². The highest BCUT2D eigenvalue weighted by atomic mass is 19.4. The maximum Gasteiger partial charge on any atom is 0.416 e. The Hall–Kier alpha value is -6.70. The fraction of sp³-hybridized carbons (Fsp3) is 0.517. The Morgan fingerprint density at radius 2 is 0.938 bits per heavy atom. The van der Waals surface area contributed by atoms with Crippen LogP contribution in [0.1, 0.15) is 133 Å². The third-order valence-corrected chi connectivity index (χ3v) is 13.2. The molecule has 2 saturated heterocycles. The van der Waals surface area contributed by atoms with Crippen LogP contribution in [0.3, 0.4) is 0 Å². The van der Waals surface area contributed by atoms with Crippen molar-refractivity contribution >= 4 is 18.3 Å². The Morgan fingerprint density at radius 1 is 0.580 bits per heavy atom. The van der Waals surface area contributed by atoms with Crippen molar-refractivity contribution in [2.75, 3.05) is 7.11 Å². The molecule has 0 aromatic heterocycles. The van der Waals surface area contributed by atoms with E-state index in [1.807, 2.05) is 62.4 Å². The molecule has 2 aliphatic heterocycles. The van der Waals surface area contributed by atoms with Crippen molar-refractivity contribution in [3.8, 4) is 6.07 Å². The number of nitrogens with one attached hydrogen (secondary N) is 1. The summed E-state index contributed by atoms with van der Waals surface area (Å²) in [5, 5.41) is 10.5. The molecule has 4 aromatic rings. The van der Waals surface area contributed by atoms with E-state index < -0.39 is 107 Å². The topological polar surface area (TPSA) is 124 Å². The van der Waals surface area contributed by atoms with E-state index in [0.717, 1.165) is 35.3 Å². The lowest BCUT2D eigenvalue weighted by Crippen LogP contribution is -2.51. The van der Waals surface area contributed by atoms with Crippen LogP contribution in [0, 0.1) is 11.3 Å². The maximum atomic E-state index is 13.5. The smallest absolute Gasteiger partial charge is 0.416 e. The molecule has 2 fully saturated rings. The van der Waals surface area contributed by atoms with Gasteiger partial charge < -0.3 is 24.4 Å². The normalized spacial score (nSPS) is 19.6. The number of hydrogen-bond donors (Lipinski definition) is 1. The van der Waals surface area contributed by atoms with Crippen LogP contribution in [-0.2, 0) is 64.8 Å². The number of nitrogens with zero attached hydrogens (tertiary/aromatic N) is 4. The summed E-state index contributed by atoms with van der Waals surface area (Å²) in [5.74, 6) is 0. The van der Waals surface area contributed by atoms with Crippen molar-refractivity contribution < 1.29 is 81.3 Å². The van der Waals surface area contributed by atoms with Crippen LogP contribution in [-0.4, -0.2) is 87.5 Å². The zero-order valence-electron chi connectivity index (χ0n) is 46.6. The minimum Gasteiger partial charge on any atom is -0.453 e. The quantitative estimate of drug-likeness (QED) is 0.110. The molecule has 2 aliphatic rings. The molecule has 6 rings (SSSR count). The van der Waals surface area contributed by atoms with E-state index in [1.165, 1.54) is 11.8 Å². The number of ether oxygens (including phenoxy) is 3. The monoisotopic (exact) mass is 1160 g/mol. The Morgan fingerprint density at radius 3 is 1.30 bits per heavy atom. The summed E-state index contributed by atoms with van der Waals surface area (Å²) in [7, 11) is 1.08. The van der Waals surface area contributed by atoms with Crippen molar-refractivity contribution in [2.24, 2.45) is 0 Å². The van der Waals surface area contributed by atoms with Crippen molar-refractivity contribution in [1.29, 1.82) is 5.26 Å². The molecule has 0 radical (unpaired) electrons. The van der Waals surface area contributed by atoms with Crippen molar-refractivity contribution in [1.82, 2.24) is 20.0 Å².